The van der Waals surface area contributed by atoms with Crippen molar-refractivity contribution < 1.29 is 0 Å². The van der Waals surface area contributed by atoms with E-state index in [1.54, 1.807) is 0 Å². The molecule has 0 saturated heterocycles. The number of rotatable bonds is 5. The second-order valence-corrected chi connectivity index (χ2v) is 5.03. The SMILES string of the molecule is CCCc1nc(N)c(C)c(Cc2ccc(CC)cn2)n1. The fourth-order valence-electron chi connectivity index (χ4n) is 2.08. The van der Waals surface area contributed by atoms with E-state index < -0.39 is 0 Å². The van der Waals surface area contributed by atoms with Crippen LogP contribution in [0.25, 0.3) is 0 Å². The lowest BCUT2D eigenvalue weighted by Gasteiger charge is -2.09. The molecule has 0 aliphatic heterocycles. The van der Waals surface area contributed by atoms with Crippen LogP contribution in [0.2, 0.25) is 0 Å². The van der Waals surface area contributed by atoms with E-state index >= 15 is 0 Å². The summed E-state index contributed by atoms with van der Waals surface area (Å²) in [5.41, 5.74) is 10.2. The van der Waals surface area contributed by atoms with Crippen molar-refractivity contribution in [3.63, 3.8) is 0 Å². The molecule has 2 aromatic heterocycles. The van der Waals surface area contributed by atoms with Crippen LogP contribution < -0.4 is 5.73 Å². The molecule has 0 amide bonds. The first-order valence-electron chi connectivity index (χ1n) is 7.19. The Hall–Kier alpha value is -1.97. The third kappa shape index (κ3) is 3.32. The van der Waals surface area contributed by atoms with Gasteiger partial charge in [0.05, 0.1) is 5.69 Å². The molecule has 0 aromatic carbocycles. The van der Waals surface area contributed by atoms with Crippen molar-refractivity contribution in [2.75, 3.05) is 5.73 Å². The normalized spacial score (nSPS) is 10.8. The Balaban J connectivity index is 2.26. The molecule has 0 bridgehead atoms. The first kappa shape index (κ1) is 14.4. The van der Waals surface area contributed by atoms with Gasteiger partial charge in [0.1, 0.15) is 11.6 Å². The van der Waals surface area contributed by atoms with Crippen LogP contribution in [0.1, 0.15) is 48.6 Å². The molecular weight excluding hydrogens is 248 g/mol. The standard InChI is InChI=1S/C16H22N4/c1-4-6-15-19-14(11(3)16(17)20-15)9-13-8-7-12(5-2)10-18-13/h7-8,10H,4-6,9H2,1-3H3,(H2,17,19,20). The van der Waals surface area contributed by atoms with Gasteiger partial charge in [0, 0.05) is 30.3 Å². The van der Waals surface area contributed by atoms with Gasteiger partial charge in [-0.2, -0.15) is 0 Å². The third-order valence-corrected chi connectivity index (χ3v) is 3.45. The van der Waals surface area contributed by atoms with E-state index in [1.807, 2.05) is 13.1 Å². The van der Waals surface area contributed by atoms with Gasteiger partial charge in [-0.25, -0.2) is 9.97 Å². The Morgan fingerprint density at radius 2 is 1.95 bits per heavy atom. The van der Waals surface area contributed by atoms with Crippen LogP contribution in [0, 0.1) is 6.92 Å². The maximum absolute atomic E-state index is 5.98. The zero-order chi connectivity index (χ0) is 14.5. The molecule has 2 heterocycles. The van der Waals surface area contributed by atoms with Crippen LogP contribution in [0.15, 0.2) is 18.3 Å². The number of hydrogen-bond donors (Lipinski definition) is 1. The lowest BCUT2D eigenvalue weighted by Crippen LogP contribution is -2.08. The minimum Gasteiger partial charge on any atom is -0.383 e. The number of anilines is 1. The van der Waals surface area contributed by atoms with E-state index in [0.29, 0.717) is 12.2 Å². The van der Waals surface area contributed by atoms with Gasteiger partial charge in [0.2, 0.25) is 0 Å². The van der Waals surface area contributed by atoms with Crippen molar-refractivity contribution in [1.82, 2.24) is 15.0 Å². The molecule has 2 N–H and O–H groups in total. The van der Waals surface area contributed by atoms with Crippen LogP contribution in [0.3, 0.4) is 0 Å². The topological polar surface area (TPSA) is 64.7 Å². The number of nitrogens with two attached hydrogens (primary N) is 1. The Morgan fingerprint density at radius 1 is 1.15 bits per heavy atom. The Labute approximate surface area is 120 Å². The van der Waals surface area contributed by atoms with Crippen LogP contribution >= 0.6 is 0 Å². The highest BCUT2D eigenvalue weighted by atomic mass is 15.0. The van der Waals surface area contributed by atoms with Crippen LogP contribution in [-0.4, -0.2) is 15.0 Å². The highest BCUT2D eigenvalue weighted by Gasteiger charge is 2.09. The fourth-order valence-corrected chi connectivity index (χ4v) is 2.08. The lowest BCUT2D eigenvalue weighted by atomic mass is 10.1. The van der Waals surface area contributed by atoms with Gasteiger partial charge in [-0.1, -0.05) is 19.9 Å². The lowest BCUT2D eigenvalue weighted by molar-refractivity contribution is 0.811. The van der Waals surface area contributed by atoms with E-state index in [1.165, 1.54) is 5.56 Å². The molecular formula is C16H22N4. The minimum atomic E-state index is 0.587. The summed E-state index contributed by atoms with van der Waals surface area (Å²) in [4.78, 5) is 13.5. The van der Waals surface area contributed by atoms with Gasteiger partial charge in [-0.15, -0.1) is 0 Å². The molecule has 0 radical (unpaired) electrons. The largest absolute Gasteiger partial charge is 0.383 e. The number of nitrogens with zero attached hydrogens (tertiary/aromatic N) is 3. The monoisotopic (exact) mass is 270 g/mol. The van der Waals surface area contributed by atoms with E-state index in [2.05, 4.69) is 40.9 Å². The van der Waals surface area contributed by atoms with Gasteiger partial charge in [0.25, 0.3) is 0 Å². The molecule has 0 aliphatic rings. The van der Waals surface area contributed by atoms with E-state index in [-0.39, 0.29) is 0 Å². The quantitative estimate of drug-likeness (QED) is 0.907. The van der Waals surface area contributed by atoms with Gasteiger partial charge < -0.3 is 5.73 Å². The van der Waals surface area contributed by atoms with Crippen molar-refractivity contribution in [2.24, 2.45) is 0 Å². The first-order valence-corrected chi connectivity index (χ1v) is 7.19. The summed E-state index contributed by atoms with van der Waals surface area (Å²) in [5, 5.41) is 0. The number of hydrogen-bond acceptors (Lipinski definition) is 4. The van der Waals surface area contributed by atoms with E-state index in [0.717, 1.165) is 42.0 Å². The molecule has 0 saturated carbocycles. The Kier molecular flexibility index (Phi) is 4.66. The summed E-state index contributed by atoms with van der Waals surface area (Å²) in [6, 6.07) is 4.19. The van der Waals surface area contributed by atoms with Crippen molar-refractivity contribution in [3.05, 3.63) is 46.7 Å². The maximum atomic E-state index is 5.98. The highest BCUT2D eigenvalue weighted by Crippen LogP contribution is 2.16. The number of aromatic nitrogens is 3. The van der Waals surface area contributed by atoms with Gasteiger partial charge >= 0.3 is 0 Å². The molecule has 0 unspecified atom stereocenters. The van der Waals surface area contributed by atoms with Crippen LogP contribution in [-0.2, 0) is 19.3 Å². The molecule has 4 heteroatoms. The zero-order valence-electron chi connectivity index (χ0n) is 12.5. The summed E-state index contributed by atoms with van der Waals surface area (Å²) in [6.45, 7) is 6.22. The zero-order valence-corrected chi connectivity index (χ0v) is 12.5. The van der Waals surface area contributed by atoms with Gasteiger partial charge in [-0.05, 0) is 31.4 Å². The number of pyridine rings is 1. The second kappa shape index (κ2) is 6.46. The van der Waals surface area contributed by atoms with Gasteiger partial charge in [0.15, 0.2) is 0 Å². The molecule has 0 aliphatic carbocycles. The summed E-state index contributed by atoms with van der Waals surface area (Å²) in [7, 11) is 0. The molecule has 106 valence electrons. The summed E-state index contributed by atoms with van der Waals surface area (Å²) >= 11 is 0. The third-order valence-electron chi connectivity index (χ3n) is 3.45. The number of nitrogen functional groups attached to an aromatic ring is 1. The van der Waals surface area contributed by atoms with Crippen molar-refractivity contribution in [1.29, 1.82) is 0 Å². The highest BCUT2D eigenvalue weighted by molar-refractivity contribution is 5.42. The van der Waals surface area contributed by atoms with Crippen molar-refractivity contribution >= 4 is 5.82 Å². The molecule has 0 atom stereocenters. The van der Waals surface area contributed by atoms with Gasteiger partial charge in [-0.3, -0.25) is 4.98 Å². The first-order chi connectivity index (χ1) is 9.63. The van der Waals surface area contributed by atoms with E-state index in [9.17, 15) is 0 Å². The number of aryl methyl sites for hydroxylation is 2. The minimum absolute atomic E-state index is 0.587. The predicted octanol–water partition coefficient (Wildman–Crippen LogP) is 2.87. The second-order valence-electron chi connectivity index (χ2n) is 5.03. The summed E-state index contributed by atoms with van der Waals surface area (Å²) < 4.78 is 0. The van der Waals surface area contributed by atoms with Crippen molar-refractivity contribution in [2.45, 2.75) is 46.5 Å². The Morgan fingerprint density at radius 3 is 2.55 bits per heavy atom. The molecule has 20 heavy (non-hydrogen) atoms. The maximum Gasteiger partial charge on any atom is 0.131 e. The molecule has 0 fully saturated rings. The van der Waals surface area contributed by atoms with Crippen LogP contribution in [0.4, 0.5) is 5.82 Å². The fraction of sp³-hybridized carbons (Fsp3) is 0.438. The molecule has 4 nitrogen and oxygen atoms in total. The average Bonchev–Trinajstić information content (AvgIpc) is 2.45. The molecule has 2 aromatic rings. The summed E-state index contributed by atoms with van der Waals surface area (Å²) in [5.74, 6) is 1.42. The Bertz CT molecular complexity index is 576. The summed E-state index contributed by atoms with van der Waals surface area (Å²) in [6.07, 6.45) is 5.53. The average molecular weight is 270 g/mol. The predicted molar refractivity (Wildman–Crippen MR) is 81.6 cm³/mol. The van der Waals surface area contributed by atoms with Crippen molar-refractivity contribution in [3.8, 4) is 0 Å². The molecule has 0 spiro atoms. The smallest absolute Gasteiger partial charge is 0.131 e. The molecule has 2 rings (SSSR count). The van der Waals surface area contributed by atoms with Crippen LogP contribution in [0.5, 0.6) is 0 Å². The van der Waals surface area contributed by atoms with E-state index in [4.69, 9.17) is 5.73 Å².